The Bertz CT molecular complexity index is 965. The Morgan fingerprint density at radius 1 is 1.07 bits per heavy atom. The standard InChI is InChI=1S/C23H25ClN2O3/c1-5-12-29-18-9-6-16(7-10-18)20-21(23(28)26(14(2)3)22(20)27)25-19-11-8-17(24)13-15(19)4/h6-11,13-14,25H,5,12H2,1-4H3. The van der Waals surface area contributed by atoms with Gasteiger partial charge in [0.2, 0.25) is 0 Å². The van der Waals surface area contributed by atoms with Crippen molar-refractivity contribution in [3.8, 4) is 5.75 Å². The predicted octanol–water partition coefficient (Wildman–Crippen LogP) is 5.04. The van der Waals surface area contributed by atoms with E-state index in [-0.39, 0.29) is 23.6 Å². The average molecular weight is 413 g/mol. The van der Waals surface area contributed by atoms with Crippen LogP contribution in [0.1, 0.15) is 38.3 Å². The van der Waals surface area contributed by atoms with Crippen LogP contribution in [-0.4, -0.2) is 29.4 Å². The molecule has 1 aliphatic rings. The fourth-order valence-corrected chi connectivity index (χ4v) is 3.47. The van der Waals surface area contributed by atoms with Crippen molar-refractivity contribution in [2.45, 2.75) is 40.2 Å². The summed E-state index contributed by atoms with van der Waals surface area (Å²) in [6, 6.07) is 12.4. The van der Waals surface area contributed by atoms with Gasteiger partial charge in [0.15, 0.2) is 0 Å². The zero-order valence-electron chi connectivity index (χ0n) is 17.1. The van der Waals surface area contributed by atoms with Gasteiger partial charge < -0.3 is 10.1 Å². The van der Waals surface area contributed by atoms with Gasteiger partial charge in [0.1, 0.15) is 11.4 Å². The molecule has 1 heterocycles. The maximum atomic E-state index is 13.1. The lowest BCUT2D eigenvalue weighted by atomic mass is 10.0. The van der Waals surface area contributed by atoms with Crippen molar-refractivity contribution in [3.63, 3.8) is 0 Å². The molecule has 6 heteroatoms. The zero-order valence-corrected chi connectivity index (χ0v) is 17.8. The normalized spacial score (nSPS) is 14.2. The molecule has 0 radical (unpaired) electrons. The Labute approximate surface area is 176 Å². The zero-order chi connectivity index (χ0) is 21.1. The Kier molecular flexibility index (Phi) is 6.28. The molecule has 5 nitrogen and oxygen atoms in total. The van der Waals surface area contributed by atoms with E-state index < -0.39 is 0 Å². The van der Waals surface area contributed by atoms with Crippen LogP contribution >= 0.6 is 11.6 Å². The molecule has 0 aromatic heterocycles. The number of benzene rings is 2. The molecule has 0 spiro atoms. The summed E-state index contributed by atoms with van der Waals surface area (Å²) in [5.41, 5.74) is 2.92. The van der Waals surface area contributed by atoms with Crippen molar-refractivity contribution in [3.05, 3.63) is 64.3 Å². The molecule has 0 saturated heterocycles. The Balaban J connectivity index is 2.03. The van der Waals surface area contributed by atoms with E-state index in [9.17, 15) is 9.59 Å². The minimum atomic E-state index is -0.333. The van der Waals surface area contributed by atoms with Crippen molar-refractivity contribution < 1.29 is 14.3 Å². The molecule has 1 N–H and O–H groups in total. The summed E-state index contributed by atoms with van der Waals surface area (Å²) in [5, 5.41) is 3.79. The van der Waals surface area contributed by atoms with Crippen LogP contribution in [0.15, 0.2) is 48.2 Å². The van der Waals surface area contributed by atoms with Crippen molar-refractivity contribution >= 4 is 34.7 Å². The van der Waals surface area contributed by atoms with E-state index in [0.29, 0.717) is 22.8 Å². The van der Waals surface area contributed by atoms with Crippen LogP contribution in [0.5, 0.6) is 5.75 Å². The number of ether oxygens (including phenoxy) is 1. The van der Waals surface area contributed by atoms with Gasteiger partial charge in [-0.2, -0.15) is 0 Å². The molecule has 29 heavy (non-hydrogen) atoms. The highest BCUT2D eigenvalue weighted by molar-refractivity contribution is 6.36. The summed E-state index contributed by atoms with van der Waals surface area (Å²) in [4.78, 5) is 27.5. The second-order valence-corrected chi connectivity index (χ2v) is 7.72. The first kappa shape index (κ1) is 20.9. The number of hydrogen-bond acceptors (Lipinski definition) is 4. The molecule has 2 aromatic carbocycles. The topological polar surface area (TPSA) is 58.6 Å². The molecule has 2 aromatic rings. The number of anilines is 1. The molecular formula is C23H25ClN2O3. The first-order chi connectivity index (χ1) is 13.8. The third-order valence-corrected chi connectivity index (χ3v) is 4.93. The van der Waals surface area contributed by atoms with Gasteiger partial charge in [-0.25, -0.2) is 0 Å². The van der Waals surface area contributed by atoms with E-state index in [2.05, 4.69) is 5.32 Å². The van der Waals surface area contributed by atoms with Gasteiger partial charge in [0.05, 0.1) is 12.2 Å². The van der Waals surface area contributed by atoms with Crippen LogP contribution < -0.4 is 10.1 Å². The lowest BCUT2D eigenvalue weighted by Crippen LogP contribution is -2.38. The molecular weight excluding hydrogens is 388 g/mol. The molecule has 0 unspecified atom stereocenters. The van der Waals surface area contributed by atoms with Gasteiger partial charge in [-0.3, -0.25) is 14.5 Å². The summed E-state index contributed by atoms with van der Waals surface area (Å²) in [7, 11) is 0. The number of aryl methyl sites for hydroxylation is 1. The maximum Gasteiger partial charge on any atom is 0.278 e. The highest BCUT2D eigenvalue weighted by Crippen LogP contribution is 2.33. The predicted molar refractivity (Wildman–Crippen MR) is 116 cm³/mol. The van der Waals surface area contributed by atoms with Crippen molar-refractivity contribution in [1.82, 2.24) is 4.90 Å². The number of nitrogens with one attached hydrogen (secondary N) is 1. The van der Waals surface area contributed by atoms with Gasteiger partial charge in [0, 0.05) is 16.8 Å². The number of carbonyl (C=O) groups is 2. The van der Waals surface area contributed by atoms with Crippen LogP contribution in [0.25, 0.3) is 5.57 Å². The van der Waals surface area contributed by atoms with Gasteiger partial charge in [-0.1, -0.05) is 30.7 Å². The van der Waals surface area contributed by atoms with E-state index in [1.807, 2.05) is 58.0 Å². The van der Waals surface area contributed by atoms with Crippen molar-refractivity contribution in [1.29, 1.82) is 0 Å². The van der Waals surface area contributed by atoms with Gasteiger partial charge in [-0.15, -0.1) is 0 Å². The Hall–Kier alpha value is -2.79. The first-order valence-corrected chi connectivity index (χ1v) is 10.1. The van der Waals surface area contributed by atoms with E-state index >= 15 is 0 Å². The number of nitrogens with zero attached hydrogens (tertiary/aromatic N) is 1. The van der Waals surface area contributed by atoms with Crippen molar-refractivity contribution in [2.75, 3.05) is 11.9 Å². The molecule has 0 atom stereocenters. The Morgan fingerprint density at radius 2 is 1.76 bits per heavy atom. The fraction of sp³-hybridized carbons (Fsp3) is 0.304. The monoisotopic (exact) mass is 412 g/mol. The minimum Gasteiger partial charge on any atom is -0.494 e. The number of rotatable bonds is 7. The molecule has 3 rings (SSSR count). The highest BCUT2D eigenvalue weighted by Gasteiger charge is 2.40. The maximum absolute atomic E-state index is 13.1. The number of hydrogen-bond donors (Lipinski definition) is 1. The lowest BCUT2D eigenvalue weighted by molar-refractivity contribution is -0.138. The van der Waals surface area contributed by atoms with E-state index in [1.165, 1.54) is 4.90 Å². The summed E-state index contributed by atoms with van der Waals surface area (Å²) < 4.78 is 5.62. The third kappa shape index (κ3) is 4.30. The summed E-state index contributed by atoms with van der Waals surface area (Å²) in [6.07, 6.45) is 0.914. The van der Waals surface area contributed by atoms with Gasteiger partial charge >= 0.3 is 0 Å². The average Bonchev–Trinajstić information content (AvgIpc) is 2.92. The lowest BCUT2D eigenvalue weighted by Gasteiger charge is -2.19. The molecule has 152 valence electrons. The van der Waals surface area contributed by atoms with Crippen LogP contribution in [0.2, 0.25) is 5.02 Å². The van der Waals surface area contributed by atoms with Crippen LogP contribution in [-0.2, 0) is 9.59 Å². The van der Waals surface area contributed by atoms with E-state index in [4.69, 9.17) is 16.3 Å². The number of imide groups is 1. The molecule has 0 aliphatic carbocycles. The molecule has 0 saturated carbocycles. The third-order valence-electron chi connectivity index (χ3n) is 4.70. The van der Waals surface area contributed by atoms with E-state index in [0.717, 1.165) is 23.4 Å². The summed E-state index contributed by atoms with van der Waals surface area (Å²) >= 11 is 6.04. The largest absolute Gasteiger partial charge is 0.494 e. The number of carbonyl (C=O) groups excluding carboxylic acids is 2. The molecule has 1 aliphatic heterocycles. The van der Waals surface area contributed by atoms with Gasteiger partial charge in [0.25, 0.3) is 11.8 Å². The smallest absolute Gasteiger partial charge is 0.278 e. The van der Waals surface area contributed by atoms with Gasteiger partial charge in [-0.05, 0) is 68.7 Å². The summed E-state index contributed by atoms with van der Waals surface area (Å²) in [5.74, 6) is 0.0961. The summed E-state index contributed by atoms with van der Waals surface area (Å²) in [6.45, 7) is 8.22. The van der Waals surface area contributed by atoms with Crippen LogP contribution in [0.3, 0.4) is 0 Å². The minimum absolute atomic E-state index is 0.247. The SMILES string of the molecule is CCCOc1ccc(C2=C(Nc3ccc(Cl)cc3C)C(=O)N(C(C)C)C2=O)cc1. The molecule has 2 amide bonds. The van der Waals surface area contributed by atoms with Crippen molar-refractivity contribution in [2.24, 2.45) is 0 Å². The van der Waals surface area contributed by atoms with E-state index in [1.54, 1.807) is 12.1 Å². The molecule has 0 fully saturated rings. The number of halogens is 1. The second kappa shape index (κ2) is 8.70. The quantitative estimate of drug-likeness (QED) is 0.647. The number of amides is 2. The van der Waals surface area contributed by atoms with Crippen LogP contribution in [0.4, 0.5) is 5.69 Å². The van der Waals surface area contributed by atoms with Crippen LogP contribution in [0, 0.1) is 6.92 Å². The fourth-order valence-electron chi connectivity index (χ4n) is 3.24. The highest BCUT2D eigenvalue weighted by atomic mass is 35.5. The second-order valence-electron chi connectivity index (χ2n) is 7.28. The molecule has 0 bridgehead atoms. The Morgan fingerprint density at radius 3 is 2.34 bits per heavy atom. The first-order valence-electron chi connectivity index (χ1n) is 9.72.